The van der Waals surface area contributed by atoms with Crippen molar-refractivity contribution in [1.29, 1.82) is 0 Å². The third-order valence-corrected chi connectivity index (χ3v) is 10.1. The summed E-state index contributed by atoms with van der Waals surface area (Å²) in [5, 5.41) is 32.3. The summed E-state index contributed by atoms with van der Waals surface area (Å²) in [5.74, 6) is -0.127. The molecule has 2 fully saturated rings. The minimum atomic E-state index is -0.609. The SMILES string of the molecule is CCCCCC[C@H]1CCC[C@@H]([C@@H](O)CC[C@@H](O)[C@H]2CC[C@H]([C@H](O)CCCCCCCCCCCCC3=C[C@H](C)OC3=O)O2)O1. The van der Waals surface area contributed by atoms with Crippen molar-refractivity contribution in [2.24, 2.45) is 0 Å². The van der Waals surface area contributed by atoms with Crippen molar-refractivity contribution in [1.82, 2.24) is 0 Å². The van der Waals surface area contributed by atoms with Crippen molar-refractivity contribution in [2.45, 2.75) is 217 Å². The van der Waals surface area contributed by atoms with Crippen LogP contribution in [0.5, 0.6) is 0 Å². The van der Waals surface area contributed by atoms with Crippen LogP contribution in [-0.2, 0) is 19.0 Å². The molecule has 0 aromatic carbocycles. The first kappa shape index (κ1) is 37.5. The second-order valence-corrected chi connectivity index (χ2v) is 14.0. The zero-order valence-electron chi connectivity index (χ0n) is 28.1. The first-order chi connectivity index (χ1) is 21.4. The van der Waals surface area contributed by atoms with Crippen molar-refractivity contribution in [3.05, 3.63) is 11.6 Å². The molecule has 0 bridgehead atoms. The Labute approximate surface area is 268 Å². The van der Waals surface area contributed by atoms with E-state index in [2.05, 4.69) is 6.92 Å². The lowest BCUT2D eigenvalue weighted by Gasteiger charge is -2.33. The lowest BCUT2D eigenvalue weighted by Crippen LogP contribution is -2.38. The number of cyclic esters (lactones) is 1. The maximum Gasteiger partial charge on any atom is 0.334 e. The van der Waals surface area contributed by atoms with Crippen molar-refractivity contribution in [3.8, 4) is 0 Å². The average molecular weight is 623 g/mol. The minimum Gasteiger partial charge on any atom is -0.455 e. The van der Waals surface area contributed by atoms with Gasteiger partial charge in [0.25, 0.3) is 0 Å². The second-order valence-electron chi connectivity index (χ2n) is 14.0. The summed E-state index contributed by atoms with van der Waals surface area (Å²) in [6.45, 7) is 4.14. The fourth-order valence-electron chi connectivity index (χ4n) is 7.28. The van der Waals surface area contributed by atoms with Gasteiger partial charge in [-0.2, -0.15) is 0 Å². The number of carbonyl (C=O) groups is 1. The van der Waals surface area contributed by atoms with Gasteiger partial charge in [0.2, 0.25) is 0 Å². The van der Waals surface area contributed by atoms with Gasteiger partial charge in [0.1, 0.15) is 6.10 Å². The van der Waals surface area contributed by atoms with E-state index in [9.17, 15) is 20.1 Å². The topological polar surface area (TPSA) is 105 Å². The van der Waals surface area contributed by atoms with E-state index in [0.717, 1.165) is 76.2 Å². The van der Waals surface area contributed by atoms with Crippen LogP contribution >= 0.6 is 0 Å². The summed E-state index contributed by atoms with van der Waals surface area (Å²) >= 11 is 0. The molecule has 3 rings (SSSR count). The summed E-state index contributed by atoms with van der Waals surface area (Å²) in [4.78, 5) is 11.6. The van der Waals surface area contributed by atoms with Crippen LogP contribution in [0.3, 0.4) is 0 Å². The summed E-state index contributed by atoms with van der Waals surface area (Å²) in [6, 6.07) is 0. The molecular formula is C37H66O7. The van der Waals surface area contributed by atoms with Crippen molar-refractivity contribution in [2.75, 3.05) is 0 Å². The van der Waals surface area contributed by atoms with Crippen molar-refractivity contribution in [3.63, 3.8) is 0 Å². The Bertz CT molecular complexity index is 801. The van der Waals surface area contributed by atoms with Crippen LogP contribution in [0.15, 0.2) is 11.6 Å². The Balaban J connectivity index is 1.14. The molecule has 0 saturated carbocycles. The van der Waals surface area contributed by atoms with Crippen LogP contribution in [0.25, 0.3) is 0 Å². The van der Waals surface area contributed by atoms with E-state index in [0.29, 0.717) is 12.8 Å². The number of esters is 1. The standard InChI is InChI=1S/C37H66O7/c1-3-4-5-15-19-30-20-17-22-34(43-30)32(39)23-24-33(40)36-26-25-35(44-36)31(38)21-16-13-11-9-7-6-8-10-12-14-18-29-27-28(2)42-37(29)41/h27-28,30-36,38-40H,3-26H2,1-2H3/t28-,30-,31+,32-,33+,34-,35+,36+/m0/s1. The molecule has 3 N–H and O–H groups in total. The molecule has 0 spiro atoms. The van der Waals surface area contributed by atoms with Crippen LogP contribution < -0.4 is 0 Å². The van der Waals surface area contributed by atoms with Gasteiger partial charge in [0.15, 0.2) is 0 Å². The molecule has 0 amide bonds. The van der Waals surface area contributed by atoms with Gasteiger partial charge >= 0.3 is 5.97 Å². The van der Waals surface area contributed by atoms with E-state index in [4.69, 9.17) is 14.2 Å². The number of aliphatic hydroxyl groups is 3. The number of aliphatic hydroxyl groups excluding tert-OH is 3. The maximum absolute atomic E-state index is 11.6. The number of carbonyl (C=O) groups excluding carboxylic acids is 1. The molecular weight excluding hydrogens is 556 g/mol. The van der Waals surface area contributed by atoms with E-state index >= 15 is 0 Å². The van der Waals surface area contributed by atoms with Gasteiger partial charge in [0, 0.05) is 5.57 Å². The molecule has 0 aromatic heterocycles. The van der Waals surface area contributed by atoms with E-state index < -0.39 is 18.3 Å². The predicted molar refractivity (Wildman–Crippen MR) is 175 cm³/mol. The molecule has 3 aliphatic heterocycles. The Morgan fingerprint density at radius 3 is 1.82 bits per heavy atom. The van der Waals surface area contributed by atoms with Gasteiger partial charge in [-0.25, -0.2) is 4.79 Å². The zero-order chi connectivity index (χ0) is 31.6. The highest BCUT2D eigenvalue weighted by Gasteiger charge is 2.35. The fourth-order valence-corrected chi connectivity index (χ4v) is 7.28. The Morgan fingerprint density at radius 2 is 1.23 bits per heavy atom. The summed E-state index contributed by atoms with van der Waals surface area (Å²) < 4.78 is 17.5. The number of hydrogen-bond acceptors (Lipinski definition) is 7. The minimum absolute atomic E-state index is 0.0555. The molecule has 3 aliphatic rings. The van der Waals surface area contributed by atoms with Crippen LogP contribution in [0.1, 0.15) is 168 Å². The maximum atomic E-state index is 11.6. The summed E-state index contributed by atoms with van der Waals surface area (Å²) in [5.41, 5.74) is 0.859. The molecule has 2 saturated heterocycles. The van der Waals surface area contributed by atoms with Crippen LogP contribution in [0.4, 0.5) is 0 Å². The second kappa shape index (κ2) is 21.7. The van der Waals surface area contributed by atoms with E-state index in [-0.39, 0.29) is 36.5 Å². The fraction of sp³-hybridized carbons (Fsp3) is 0.919. The van der Waals surface area contributed by atoms with E-state index in [1.807, 2.05) is 13.0 Å². The molecule has 44 heavy (non-hydrogen) atoms. The van der Waals surface area contributed by atoms with Gasteiger partial charge in [-0.15, -0.1) is 0 Å². The first-order valence-corrected chi connectivity index (χ1v) is 18.6. The average Bonchev–Trinajstić information content (AvgIpc) is 3.64. The lowest BCUT2D eigenvalue weighted by atomic mass is 9.94. The van der Waals surface area contributed by atoms with Crippen molar-refractivity contribution >= 4 is 5.97 Å². The largest absolute Gasteiger partial charge is 0.455 e. The molecule has 0 radical (unpaired) electrons. The van der Waals surface area contributed by atoms with Gasteiger partial charge < -0.3 is 29.5 Å². The quantitative estimate of drug-likeness (QED) is 0.0743. The van der Waals surface area contributed by atoms with Gasteiger partial charge in [-0.05, 0) is 83.6 Å². The molecule has 256 valence electrons. The Kier molecular flexibility index (Phi) is 18.5. The number of rotatable bonds is 24. The lowest BCUT2D eigenvalue weighted by molar-refractivity contribution is -0.139. The molecule has 7 heteroatoms. The number of unbranched alkanes of at least 4 members (excludes halogenated alkanes) is 12. The first-order valence-electron chi connectivity index (χ1n) is 18.6. The highest BCUT2D eigenvalue weighted by Crippen LogP contribution is 2.30. The number of hydrogen-bond donors (Lipinski definition) is 3. The zero-order valence-corrected chi connectivity index (χ0v) is 28.1. The van der Waals surface area contributed by atoms with Crippen LogP contribution in [0, 0.1) is 0 Å². The third kappa shape index (κ3) is 14.2. The Morgan fingerprint density at radius 1 is 0.682 bits per heavy atom. The normalized spacial score (nSPS) is 27.7. The molecule has 0 unspecified atom stereocenters. The molecule has 7 nitrogen and oxygen atoms in total. The van der Waals surface area contributed by atoms with Gasteiger partial charge in [-0.3, -0.25) is 0 Å². The smallest absolute Gasteiger partial charge is 0.334 e. The van der Waals surface area contributed by atoms with E-state index in [1.54, 1.807) is 0 Å². The monoisotopic (exact) mass is 622 g/mol. The molecule has 0 aromatic rings. The Hall–Kier alpha value is -0.990. The summed E-state index contributed by atoms with van der Waals surface area (Å²) in [7, 11) is 0. The highest BCUT2D eigenvalue weighted by molar-refractivity contribution is 5.90. The molecule has 0 aliphatic carbocycles. The number of ether oxygens (including phenoxy) is 3. The molecule has 3 heterocycles. The van der Waals surface area contributed by atoms with Gasteiger partial charge in [0.05, 0.1) is 42.7 Å². The van der Waals surface area contributed by atoms with Crippen LogP contribution in [-0.4, -0.2) is 70.1 Å². The van der Waals surface area contributed by atoms with Gasteiger partial charge in [-0.1, -0.05) is 90.4 Å². The van der Waals surface area contributed by atoms with E-state index in [1.165, 1.54) is 70.6 Å². The molecule has 8 atom stereocenters. The van der Waals surface area contributed by atoms with Crippen molar-refractivity contribution < 1.29 is 34.3 Å². The highest BCUT2D eigenvalue weighted by atomic mass is 16.5. The third-order valence-electron chi connectivity index (χ3n) is 10.1. The summed E-state index contributed by atoms with van der Waals surface area (Å²) in [6.07, 6.45) is 25.3. The predicted octanol–water partition coefficient (Wildman–Crippen LogP) is 7.86. The van der Waals surface area contributed by atoms with Crippen LogP contribution in [0.2, 0.25) is 0 Å².